The van der Waals surface area contributed by atoms with Crippen LogP contribution in [0.1, 0.15) is 24.5 Å². The standard InChI is InChI=1S/C19H20N2O/c1-2-14-5-3-7-16(13-14)21-19(22)10-9-15-6-4-8-18-17(15)11-12-20-18/h3-8,11-13,20H,2,9-10H2,1H3,(H,21,22). The SMILES string of the molecule is CCc1cccc(NC(=O)CCc2cccc3[nH]ccc23)c1. The summed E-state index contributed by atoms with van der Waals surface area (Å²) in [6.07, 6.45) is 4.14. The Morgan fingerprint density at radius 1 is 1.14 bits per heavy atom. The van der Waals surface area contributed by atoms with Crippen LogP contribution in [-0.4, -0.2) is 10.9 Å². The first-order chi connectivity index (χ1) is 10.8. The molecule has 0 aliphatic carbocycles. The summed E-state index contributed by atoms with van der Waals surface area (Å²) in [4.78, 5) is 15.3. The number of carbonyl (C=O) groups is 1. The molecule has 0 unspecified atom stereocenters. The van der Waals surface area contributed by atoms with Crippen LogP contribution < -0.4 is 5.32 Å². The molecule has 3 nitrogen and oxygen atoms in total. The van der Waals surface area contributed by atoms with Gasteiger partial charge >= 0.3 is 0 Å². The second-order valence-electron chi connectivity index (χ2n) is 5.46. The molecule has 0 fully saturated rings. The van der Waals surface area contributed by atoms with E-state index in [0.29, 0.717) is 6.42 Å². The lowest BCUT2D eigenvalue weighted by Crippen LogP contribution is -2.12. The Morgan fingerprint density at radius 3 is 2.86 bits per heavy atom. The van der Waals surface area contributed by atoms with Crippen molar-refractivity contribution in [3.63, 3.8) is 0 Å². The Kier molecular flexibility index (Phi) is 4.24. The minimum Gasteiger partial charge on any atom is -0.361 e. The third kappa shape index (κ3) is 3.19. The Hall–Kier alpha value is -2.55. The maximum absolute atomic E-state index is 12.1. The first kappa shape index (κ1) is 14.4. The van der Waals surface area contributed by atoms with Crippen LogP contribution in [0, 0.1) is 0 Å². The topological polar surface area (TPSA) is 44.9 Å². The molecule has 1 heterocycles. The molecule has 3 aromatic rings. The van der Waals surface area contributed by atoms with Crippen LogP contribution in [0.4, 0.5) is 5.69 Å². The molecular formula is C19H20N2O. The van der Waals surface area contributed by atoms with Crippen LogP contribution in [0.3, 0.4) is 0 Å². The minimum atomic E-state index is 0.0563. The quantitative estimate of drug-likeness (QED) is 0.723. The zero-order chi connectivity index (χ0) is 15.4. The van der Waals surface area contributed by atoms with E-state index in [1.807, 2.05) is 30.5 Å². The van der Waals surface area contributed by atoms with Gasteiger partial charge in [-0.2, -0.15) is 0 Å². The monoisotopic (exact) mass is 292 g/mol. The summed E-state index contributed by atoms with van der Waals surface area (Å²) in [5.74, 6) is 0.0563. The van der Waals surface area contributed by atoms with Crippen LogP contribution in [0.15, 0.2) is 54.7 Å². The molecule has 0 saturated heterocycles. The highest BCUT2D eigenvalue weighted by atomic mass is 16.1. The van der Waals surface area contributed by atoms with E-state index in [-0.39, 0.29) is 5.91 Å². The number of amides is 1. The van der Waals surface area contributed by atoms with Gasteiger partial charge in [-0.05, 0) is 48.2 Å². The number of benzene rings is 2. The molecule has 0 spiro atoms. The van der Waals surface area contributed by atoms with Gasteiger partial charge < -0.3 is 10.3 Å². The number of aromatic nitrogens is 1. The summed E-state index contributed by atoms with van der Waals surface area (Å²) >= 11 is 0. The second-order valence-corrected chi connectivity index (χ2v) is 5.46. The predicted octanol–water partition coefficient (Wildman–Crippen LogP) is 4.30. The van der Waals surface area contributed by atoms with Crippen LogP contribution in [0.25, 0.3) is 10.9 Å². The molecule has 1 aromatic heterocycles. The van der Waals surface area contributed by atoms with Crippen molar-refractivity contribution in [1.82, 2.24) is 4.98 Å². The van der Waals surface area contributed by atoms with Crippen molar-refractivity contribution >= 4 is 22.5 Å². The lowest BCUT2D eigenvalue weighted by Gasteiger charge is -2.07. The molecule has 2 aromatic carbocycles. The maximum atomic E-state index is 12.1. The average Bonchev–Trinajstić information content (AvgIpc) is 3.02. The molecule has 0 radical (unpaired) electrons. The van der Waals surface area contributed by atoms with Crippen LogP contribution in [0.2, 0.25) is 0 Å². The normalized spacial score (nSPS) is 10.8. The molecule has 22 heavy (non-hydrogen) atoms. The predicted molar refractivity (Wildman–Crippen MR) is 91.1 cm³/mol. The summed E-state index contributed by atoms with van der Waals surface area (Å²) in [6.45, 7) is 2.11. The number of carbonyl (C=O) groups excluding carboxylic acids is 1. The zero-order valence-electron chi connectivity index (χ0n) is 12.7. The van der Waals surface area contributed by atoms with E-state index in [4.69, 9.17) is 0 Å². The number of nitrogens with one attached hydrogen (secondary N) is 2. The van der Waals surface area contributed by atoms with Crippen molar-refractivity contribution in [2.75, 3.05) is 5.32 Å². The van der Waals surface area contributed by atoms with E-state index in [2.05, 4.69) is 41.5 Å². The van der Waals surface area contributed by atoms with Crippen molar-refractivity contribution in [3.05, 3.63) is 65.9 Å². The third-order valence-electron chi connectivity index (χ3n) is 3.93. The number of fused-ring (bicyclic) bond motifs is 1. The highest BCUT2D eigenvalue weighted by molar-refractivity contribution is 5.91. The van der Waals surface area contributed by atoms with Gasteiger partial charge in [0, 0.05) is 29.2 Å². The molecule has 0 bridgehead atoms. The van der Waals surface area contributed by atoms with Gasteiger partial charge in [0.1, 0.15) is 0 Å². The Balaban J connectivity index is 1.63. The summed E-state index contributed by atoms with van der Waals surface area (Å²) in [5, 5.41) is 4.18. The highest BCUT2D eigenvalue weighted by Crippen LogP contribution is 2.19. The van der Waals surface area contributed by atoms with Gasteiger partial charge in [-0.25, -0.2) is 0 Å². The van der Waals surface area contributed by atoms with E-state index in [9.17, 15) is 4.79 Å². The summed E-state index contributed by atoms with van der Waals surface area (Å²) in [6, 6.07) is 16.2. The largest absolute Gasteiger partial charge is 0.361 e. The van der Waals surface area contributed by atoms with E-state index < -0.39 is 0 Å². The van der Waals surface area contributed by atoms with Gasteiger partial charge in [-0.15, -0.1) is 0 Å². The first-order valence-electron chi connectivity index (χ1n) is 7.70. The number of rotatable bonds is 5. The van der Waals surface area contributed by atoms with E-state index >= 15 is 0 Å². The van der Waals surface area contributed by atoms with Gasteiger partial charge in [-0.3, -0.25) is 4.79 Å². The Morgan fingerprint density at radius 2 is 2.00 bits per heavy atom. The van der Waals surface area contributed by atoms with Crippen molar-refractivity contribution in [3.8, 4) is 0 Å². The number of aromatic amines is 1. The molecule has 2 N–H and O–H groups in total. The van der Waals surface area contributed by atoms with Crippen LogP contribution >= 0.6 is 0 Å². The molecule has 1 amide bonds. The third-order valence-corrected chi connectivity index (χ3v) is 3.93. The Bertz CT molecular complexity index is 789. The van der Waals surface area contributed by atoms with E-state index in [0.717, 1.165) is 24.0 Å². The molecule has 0 saturated carbocycles. The number of hydrogen-bond donors (Lipinski definition) is 2. The van der Waals surface area contributed by atoms with Gasteiger partial charge in [0.2, 0.25) is 5.91 Å². The van der Waals surface area contributed by atoms with Gasteiger partial charge in [0.25, 0.3) is 0 Å². The molecular weight excluding hydrogens is 272 g/mol. The van der Waals surface area contributed by atoms with Crippen molar-refractivity contribution in [2.45, 2.75) is 26.2 Å². The molecule has 0 aliphatic heterocycles. The maximum Gasteiger partial charge on any atom is 0.224 e. The lowest BCUT2D eigenvalue weighted by atomic mass is 10.0. The molecule has 3 heteroatoms. The fraction of sp³-hybridized carbons (Fsp3) is 0.211. The number of hydrogen-bond acceptors (Lipinski definition) is 1. The fourth-order valence-electron chi connectivity index (χ4n) is 2.71. The molecule has 112 valence electrons. The second kappa shape index (κ2) is 6.48. The molecule has 3 rings (SSSR count). The number of anilines is 1. The first-order valence-corrected chi connectivity index (χ1v) is 7.70. The average molecular weight is 292 g/mol. The van der Waals surface area contributed by atoms with Crippen molar-refractivity contribution < 1.29 is 4.79 Å². The minimum absolute atomic E-state index is 0.0563. The summed E-state index contributed by atoms with van der Waals surface area (Å²) < 4.78 is 0. The molecule has 0 aliphatic rings. The van der Waals surface area contributed by atoms with Gasteiger partial charge in [-0.1, -0.05) is 31.2 Å². The summed E-state index contributed by atoms with van der Waals surface area (Å²) in [7, 11) is 0. The summed E-state index contributed by atoms with van der Waals surface area (Å²) in [5.41, 5.74) is 4.43. The van der Waals surface area contributed by atoms with Crippen LogP contribution in [0.5, 0.6) is 0 Å². The van der Waals surface area contributed by atoms with E-state index in [1.54, 1.807) is 0 Å². The Labute approximate surface area is 130 Å². The van der Waals surface area contributed by atoms with Gasteiger partial charge in [0.05, 0.1) is 0 Å². The smallest absolute Gasteiger partial charge is 0.224 e. The zero-order valence-corrected chi connectivity index (χ0v) is 12.7. The number of H-pyrrole nitrogens is 1. The van der Waals surface area contributed by atoms with Crippen molar-refractivity contribution in [2.24, 2.45) is 0 Å². The van der Waals surface area contributed by atoms with E-state index in [1.165, 1.54) is 16.5 Å². The van der Waals surface area contributed by atoms with Crippen LogP contribution in [-0.2, 0) is 17.6 Å². The van der Waals surface area contributed by atoms with Crippen molar-refractivity contribution in [1.29, 1.82) is 0 Å². The number of aryl methyl sites for hydroxylation is 2. The highest BCUT2D eigenvalue weighted by Gasteiger charge is 2.06. The lowest BCUT2D eigenvalue weighted by molar-refractivity contribution is -0.116. The fourth-order valence-corrected chi connectivity index (χ4v) is 2.71. The molecule has 0 atom stereocenters. The van der Waals surface area contributed by atoms with Gasteiger partial charge in [0.15, 0.2) is 0 Å².